The van der Waals surface area contributed by atoms with Gasteiger partial charge in [0, 0.05) is 17.0 Å². The first-order chi connectivity index (χ1) is 13.2. The molecule has 0 unspecified atom stereocenters. The lowest BCUT2D eigenvalue weighted by Crippen LogP contribution is -2.37. The van der Waals surface area contributed by atoms with Crippen LogP contribution < -0.4 is 9.47 Å². The molecule has 1 heterocycles. The van der Waals surface area contributed by atoms with E-state index in [4.69, 9.17) is 9.47 Å². The molecule has 0 atom stereocenters. The number of sulfonamides is 1. The Balaban J connectivity index is 2.23. The van der Waals surface area contributed by atoms with Crippen LogP contribution in [0.15, 0.2) is 29.4 Å². The van der Waals surface area contributed by atoms with E-state index >= 15 is 0 Å². The van der Waals surface area contributed by atoms with Crippen molar-refractivity contribution in [3.63, 3.8) is 0 Å². The van der Waals surface area contributed by atoms with E-state index in [0.29, 0.717) is 22.2 Å². The van der Waals surface area contributed by atoms with Gasteiger partial charge < -0.3 is 9.47 Å². The van der Waals surface area contributed by atoms with Crippen LogP contribution in [0.1, 0.15) is 17.0 Å². The van der Waals surface area contributed by atoms with E-state index in [-0.39, 0.29) is 12.3 Å². The maximum absolute atomic E-state index is 12.7. The Morgan fingerprint density at radius 3 is 2.32 bits per heavy atom. The van der Waals surface area contributed by atoms with Crippen molar-refractivity contribution in [2.24, 2.45) is 0 Å². The summed E-state index contributed by atoms with van der Waals surface area (Å²) < 4.78 is 35.9. The van der Waals surface area contributed by atoms with Crippen molar-refractivity contribution < 1.29 is 22.7 Å². The molecule has 8 nitrogen and oxygen atoms in total. The number of aryl methyl sites for hydroxylation is 2. The molecule has 0 aliphatic carbocycles. The summed E-state index contributed by atoms with van der Waals surface area (Å²) in [7, 11) is -0.847. The highest BCUT2D eigenvalue weighted by atomic mass is 32.2. The average molecular weight is 426 g/mol. The van der Waals surface area contributed by atoms with E-state index in [1.54, 1.807) is 18.2 Å². The minimum atomic E-state index is -3.79. The van der Waals surface area contributed by atoms with Crippen LogP contribution in [0.25, 0.3) is 0 Å². The highest BCUT2D eigenvalue weighted by molar-refractivity contribution is 8.00. The van der Waals surface area contributed by atoms with Crippen molar-refractivity contribution in [1.82, 2.24) is 14.3 Å². The van der Waals surface area contributed by atoms with Crippen LogP contribution in [-0.4, -0.2) is 54.8 Å². The molecule has 0 bridgehead atoms. The van der Waals surface area contributed by atoms with Gasteiger partial charge in [0.2, 0.25) is 15.9 Å². The predicted octanol–water partition coefficient (Wildman–Crippen LogP) is 2.19. The van der Waals surface area contributed by atoms with Crippen LogP contribution >= 0.6 is 11.8 Å². The zero-order chi connectivity index (χ0) is 20.9. The van der Waals surface area contributed by atoms with E-state index in [9.17, 15) is 13.2 Å². The first kappa shape index (κ1) is 22.0. The molecule has 10 heteroatoms. The van der Waals surface area contributed by atoms with E-state index < -0.39 is 15.9 Å². The normalized spacial score (nSPS) is 11.2. The van der Waals surface area contributed by atoms with Gasteiger partial charge in [0.25, 0.3) is 0 Å². The number of carbonyl (C=O) groups is 1. The number of hydrogen-bond acceptors (Lipinski definition) is 8. The van der Waals surface area contributed by atoms with Crippen molar-refractivity contribution in [1.29, 1.82) is 0 Å². The van der Waals surface area contributed by atoms with E-state index in [1.165, 1.54) is 14.2 Å². The molecule has 0 N–H and O–H groups in total. The van der Waals surface area contributed by atoms with Crippen LogP contribution in [0.2, 0.25) is 0 Å². The molecule has 152 valence electrons. The second kappa shape index (κ2) is 9.24. The van der Waals surface area contributed by atoms with Crippen LogP contribution in [0, 0.1) is 13.8 Å². The van der Waals surface area contributed by atoms with Crippen molar-refractivity contribution in [3.05, 3.63) is 41.2 Å². The number of carbonyl (C=O) groups excluding carboxylic acids is 1. The molecule has 0 saturated heterocycles. The summed E-state index contributed by atoms with van der Waals surface area (Å²) in [5, 5.41) is 0.429. The maximum atomic E-state index is 12.7. The van der Waals surface area contributed by atoms with Crippen molar-refractivity contribution in [3.8, 4) is 11.5 Å². The van der Waals surface area contributed by atoms with Crippen LogP contribution in [0.4, 0.5) is 0 Å². The Bertz CT molecular complexity index is 943. The Morgan fingerprint density at radius 2 is 1.79 bits per heavy atom. The third-order valence-electron chi connectivity index (χ3n) is 3.76. The van der Waals surface area contributed by atoms with Crippen LogP contribution in [0.3, 0.4) is 0 Å². The lowest BCUT2D eigenvalue weighted by molar-refractivity contribution is -0.124. The summed E-state index contributed by atoms with van der Waals surface area (Å²) >= 11 is 1.10. The number of methoxy groups -OCH3 is 2. The Labute approximate surface area is 169 Å². The number of aromatic nitrogens is 2. The molecule has 1 aromatic carbocycles. The van der Waals surface area contributed by atoms with Gasteiger partial charge in [0.05, 0.1) is 32.8 Å². The minimum absolute atomic E-state index is 0.109. The molecule has 0 saturated carbocycles. The van der Waals surface area contributed by atoms with Crippen molar-refractivity contribution in [2.45, 2.75) is 25.5 Å². The zero-order valence-electron chi connectivity index (χ0n) is 16.4. The van der Waals surface area contributed by atoms with Crippen molar-refractivity contribution in [2.75, 3.05) is 26.2 Å². The van der Waals surface area contributed by atoms with Crippen molar-refractivity contribution >= 4 is 27.7 Å². The van der Waals surface area contributed by atoms with Gasteiger partial charge in [0.1, 0.15) is 0 Å². The number of thioether (sulfide) groups is 1. The summed E-state index contributed by atoms with van der Waals surface area (Å²) in [5.41, 5.74) is 2.08. The molecule has 0 fully saturated rings. The fourth-order valence-corrected chi connectivity index (χ4v) is 4.29. The first-order valence-corrected chi connectivity index (χ1v) is 11.1. The predicted molar refractivity (Wildman–Crippen MR) is 107 cm³/mol. The highest BCUT2D eigenvalue weighted by Gasteiger charge is 2.26. The largest absolute Gasteiger partial charge is 0.493 e. The van der Waals surface area contributed by atoms with Gasteiger partial charge in [-0.3, -0.25) is 4.79 Å². The van der Waals surface area contributed by atoms with Gasteiger partial charge in [-0.25, -0.2) is 22.7 Å². The lowest BCUT2D eigenvalue weighted by Gasteiger charge is -2.22. The number of para-hydroxylation sites is 1. The Hall–Kier alpha value is -2.33. The van der Waals surface area contributed by atoms with Gasteiger partial charge in [-0.1, -0.05) is 23.9 Å². The number of ether oxygens (including phenoxy) is 2. The molecule has 2 rings (SSSR count). The van der Waals surface area contributed by atoms with Crippen LogP contribution in [0.5, 0.6) is 11.5 Å². The van der Waals surface area contributed by atoms with Crippen LogP contribution in [-0.2, 0) is 21.4 Å². The fourth-order valence-electron chi connectivity index (χ4n) is 2.58. The molecule has 1 amide bonds. The summed E-state index contributed by atoms with van der Waals surface area (Å²) in [4.78, 5) is 21.2. The fraction of sp³-hybridized carbons (Fsp3) is 0.389. The number of benzene rings is 1. The minimum Gasteiger partial charge on any atom is -0.493 e. The Morgan fingerprint density at radius 1 is 1.14 bits per heavy atom. The smallest absolute Gasteiger partial charge is 0.246 e. The molecule has 0 spiro atoms. The molecule has 0 radical (unpaired) electrons. The zero-order valence-corrected chi connectivity index (χ0v) is 18.1. The van der Waals surface area contributed by atoms with E-state index in [1.807, 2.05) is 19.9 Å². The lowest BCUT2D eigenvalue weighted by atomic mass is 10.2. The second-order valence-electron chi connectivity index (χ2n) is 6.04. The van der Waals surface area contributed by atoms with Gasteiger partial charge in [-0.15, -0.1) is 0 Å². The SMILES string of the molecule is COc1cccc(CN(C(=O)CSc2nc(C)cc(C)n2)S(C)(=O)=O)c1OC. The molecule has 1 aromatic heterocycles. The highest BCUT2D eigenvalue weighted by Crippen LogP contribution is 2.32. The topological polar surface area (TPSA) is 98.7 Å². The molecular formula is C18H23N3O5S2. The summed E-state index contributed by atoms with van der Waals surface area (Å²) in [6.07, 6.45) is 0.996. The molecule has 28 heavy (non-hydrogen) atoms. The number of amides is 1. The number of nitrogens with zero attached hydrogens (tertiary/aromatic N) is 3. The summed E-state index contributed by atoms with van der Waals surface area (Å²) in [6, 6.07) is 6.92. The van der Waals surface area contributed by atoms with Gasteiger partial charge >= 0.3 is 0 Å². The second-order valence-corrected chi connectivity index (χ2v) is 8.89. The third kappa shape index (κ3) is 5.59. The average Bonchev–Trinajstić information content (AvgIpc) is 2.62. The van der Waals surface area contributed by atoms with Gasteiger partial charge in [0.15, 0.2) is 16.7 Å². The maximum Gasteiger partial charge on any atom is 0.246 e. The molecular weight excluding hydrogens is 402 g/mol. The molecule has 0 aliphatic rings. The third-order valence-corrected chi connectivity index (χ3v) is 5.73. The first-order valence-electron chi connectivity index (χ1n) is 8.31. The van der Waals surface area contributed by atoms with E-state index in [0.717, 1.165) is 33.7 Å². The molecule has 0 aliphatic heterocycles. The Kier molecular flexibility index (Phi) is 7.25. The summed E-state index contributed by atoms with van der Waals surface area (Å²) in [5.74, 6) is 0.165. The monoisotopic (exact) mass is 425 g/mol. The summed E-state index contributed by atoms with van der Waals surface area (Å²) in [6.45, 7) is 3.50. The number of hydrogen-bond donors (Lipinski definition) is 0. The van der Waals surface area contributed by atoms with E-state index in [2.05, 4.69) is 9.97 Å². The van der Waals surface area contributed by atoms with Gasteiger partial charge in [-0.05, 0) is 26.0 Å². The quantitative estimate of drug-likeness (QED) is 0.469. The van der Waals surface area contributed by atoms with Gasteiger partial charge in [-0.2, -0.15) is 0 Å². The molecule has 2 aromatic rings. The number of rotatable bonds is 8. The standard InChI is InChI=1S/C18H23N3O5S2/c1-12-9-13(2)20-18(19-12)27-11-16(22)21(28(5,23)24)10-14-7-6-8-15(25-3)17(14)26-4/h6-9H,10-11H2,1-5H3.